The number of hydrogen-bond acceptors (Lipinski definition) is 4. The average molecular weight is 299 g/mol. The summed E-state index contributed by atoms with van der Waals surface area (Å²) in [6, 6.07) is 9.61. The van der Waals surface area contributed by atoms with Gasteiger partial charge in [-0.1, -0.05) is 6.92 Å². The molecule has 4 nitrogen and oxygen atoms in total. The molecular weight excluding hydrogens is 278 g/mol. The smallest absolute Gasteiger partial charge is 0.185 e. The van der Waals surface area contributed by atoms with Crippen LogP contribution in [0.25, 0.3) is 11.3 Å². The fourth-order valence-electron chi connectivity index (χ4n) is 2.91. The SMILES string of the molecule is COc1cc(N2CCC(C)CC2)ccc1-c1ccc(C=O)o1. The van der Waals surface area contributed by atoms with Crippen molar-refractivity contribution in [3.8, 4) is 17.1 Å². The molecule has 0 N–H and O–H groups in total. The highest BCUT2D eigenvalue weighted by molar-refractivity contribution is 5.75. The van der Waals surface area contributed by atoms with Crippen LogP contribution in [-0.4, -0.2) is 26.5 Å². The lowest BCUT2D eigenvalue weighted by atomic mass is 9.98. The number of carbonyl (C=O) groups excluding carboxylic acids is 1. The Morgan fingerprint density at radius 1 is 1.23 bits per heavy atom. The number of nitrogens with zero attached hydrogens (tertiary/aromatic N) is 1. The van der Waals surface area contributed by atoms with E-state index in [2.05, 4.69) is 24.0 Å². The third-order valence-corrected chi connectivity index (χ3v) is 4.34. The zero-order chi connectivity index (χ0) is 15.5. The van der Waals surface area contributed by atoms with Crippen molar-refractivity contribution in [1.82, 2.24) is 0 Å². The Hall–Kier alpha value is -2.23. The predicted octanol–water partition coefficient (Wildman–Crippen LogP) is 4.00. The zero-order valence-corrected chi connectivity index (χ0v) is 13.0. The molecule has 1 fully saturated rings. The van der Waals surface area contributed by atoms with Gasteiger partial charge in [-0.3, -0.25) is 4.79 Å². The highest BCUT2D eigenvalue weighted by Gasteiger charge is 2.18. The molecule has 0 bridgehead atoms. The Labute approximate surface area is 130 Å². The number of furan rings is 1. The summed E-state index contributed by atoms with van der Waals surface area (Å²) < 4.78 is 11.0. The topological polar surface area (TPSA) is 42.7 Å². The first-order valence-electron chi connectivity index (χ1n) is 7.69. The van der Waals surface area contributed by atoms with Gasteiger partial charge >= 0.3 is 0 Å². The van der Waals surface area contributed by atoms with E-state index in [4.69, 9.17) is 9.15 Å². The minimum atomic E-state index is 0.325. The lowest BCUT2D eigenvalue weighted by molar-refractivity contribution is 0.110. The van der Waals surface area contributed by atoms with Crippen molar-refractivity contribution in [1.29, 1.82) is 0 Å². The van der Waals surface area contributed by atoms with Gasteiger partial charge in [0.2, 0.25) is 0 Å². The molecule has 22 heavy (non-hydrogen) atoms. The lowest BCUT2D eigenvalue weighted by Gasteiger charge is -2.32. The van der Waals surface area contributed by atoms with Crippen LogP contribution in [0, 0.1) is 5.92 Å². The number of carbonyl (C=O) groups is 1. The number of benzene rings is 1. The van der Waals surface area contributed by atoms with E-state index in [-0.39, 0.29) is 0 Å². The molecule has 0 atom stereocenters. The summed E-state index contributed by atoms with van der Waals surface area (Å²) in [6.07, 6.45) is 3.16. The van der Waals surface area contributed by atoms with Gasteiger partial charge in [-0.05, 0) is 43.0 Å². The van der Waals surface area contributed by atoms with Gasteiger partial charge in [-0.15, -0.1) is 0 Å². The molecule has 1 saturated heterocycles. The van der Waals surface area contributed by atoms with Crippen LogP contribution in [0.3, 0.4) is 0 Å². The third-order valence-electron chi connectivity index (χ3n) is 4.34. The third kappa shape index (κ3) is 2.86. The molecule has 1 aromatic heterocycles. The average Bonchev–Trinajstić information content (AvgIpc) is 3.04. The number of rotatable bonds is 4. The Morgan fingerprint density at radius 2 is 2.00 bits per heavy atom. The van der Waals surface area contributed by atoms with Crippen molar-refractivity contribution >= 4 is 12.0 Å². The van der Waals surface area contributed by atoms with Gasteiger partial charge in [0.25, 0.3) is 0 Å². The summed E-state index contributed by atoms with van der Waals surface area (Å²) in [5.41, 5.74) is 2.04. The second-order valence-corrected chi connectivity index (χ2v) is 5.87. The molecule has 1 aliphatic rings. The van der Waals surface area contributed by atoms with E-state index in [0.717, 1.165) is 30.3 Å². The maximum atomic E-state index is 10.8. The highest BCUT2D eigenvalue weighted by atomic mass is 16.5. The second kappa shape index (κ2) is 6.26. The van der Waals surface area contributed by atoms with Gasteiger partial charge < -0.3 is 14.1 Å². The Morgan fingerprint density at radius 3 is 2.64 bits per heavy atom. The number of methoxy groups -OCH3 is 1. The molecule has 1 aliphatic heterocycles. The van der Waals surface area contributed by atoms with E-state index in [0.29, 0.717) is 17.8 Å². The summed E-state index contributed by atoms with van der Waals surface area (Å²) in [4.78, 5) is 13.2. The fourth-order valence-corrected chi connectivity index (χ4v) is 2.91. The second-order valence-electron chi connectivity index (χ2n) is 5.87. The van der Waals surface area contributed by atoms with E-state index in [1.54, 1.807) is 19.2 Å². The summed E-state index contributed by atoms with van der Waals surface area (Å²) in [7, 11) is 1.66. The van der Waals surface area contributed by atoms with Crippen molar-refractivity contribution in [3.63, 3.8) is 0 Å². The van der Waals surface area contributed by atoms with Crippen LogP contribution in [0.1, 0.15) is 30.3 Å². The molecule has 0 radical (unpaired) electrons. The van der Waals surface area contributed by atoms with Crippen molar-refractivity contribution in [3.05, 3.63) is 36.1 Å². The minimum Gasteiger partial charge on any atom is -0.496 e. The van der Waals surface area contributed by atoms with Crippen LogP contribution < -0.4 is 9.64 Å². The van der Waals surface area contributed by atoms with E-state index >= 15 is 0 Å². The highest BCUT2D eigenvalue weighted by Crippen LogP contribution is 2.35. The van der Waals surface area contributed by atoms with Crippen LogP contribution in [-0.2, 0) is 0 Å². The maximum absolute atomic E-state index is 10.8. The standard InChI is InChI=1S/C18H21NO3/c1-13-7-9-19(10-8-13)14-3-5-16(18(11-14)21-2)17-6-4-15(12-20)22-17/h3-6,11-13H,7-10H2,1-2H3. The first-order valence-corrected chi connectivity index (χ1v) is 7.69. The van der Waals surface area contributed by atoms with Gasteiger partial charge in [0, 0.05) is 24.8 Å². The van der Waals surface area contributed by atoms with Gasteiger partial charge in [0.05, 0.1) is 12.7 Å². The number of anilines is 1. The molecule has 0 saturated carbocycles. The Bertz CT molecular complexity index is 654. The fraction of sp³-hybridized carbons (Fsp3) is 0.389. The zero-order valence-electron chi connectivity index (χ0n) is 13.0. The van der Waals surface area contributed by atoms with Crippen molar-refractivity contribution in [2.45, 2.75) is 19.8 Å². The largest absolute Gasteiger partial charge is 0.496 e. The number of piperidine rings is 1. The molecule has 0 aliphatic carbocycles. The first kappa shape index (κ1) is 14.7. The van der Waals surface area contributed by atoms with Crippen LogP contribution >= 0.6 is 0 Å². The van der Waals surface area contributed by atoms with Crippen LogP contribution in [0.5, 0.6) is 5.75 Å². The van der Waals surface area contributed by atoms with Crippen molar-refractivity contribution in [2.75, 3.05) is 25.1 Å². The quantitative estimate of drug-likeness (QED) is 0.800. The number of hydrogen-bond donors (Lipinski definition) is 0. The molecule has 3 rings (SSSR count). The van der Waals surface area contributed by atoms with Crippen molar-refractivity contribution < 1.29 is 13.9 Å². The Balaban J connectivity index is 1.88. The van der Waals surface area contributed by atoms with Gasteiger partial charge in [-0.2, -0.15) is 0 Å². The number of ether oxygens (including phenoxy) is 1. The Kier molecular flexibility index (Phi) is 4.18. The molecule has 0 unspecified atom stereocenters. The van der Waals surface area contributed by atoms with E-state index < -0.39 is 0 Å². The van der Waals surface area contributed by atoms with E-state index in [1.807, 2.05) is 6.07 Å². The summed E-state index contributed by atoms with van der Waals surface area (Å²) in [5.74, 6) is 2.55. The van der Waals surface area contributed by atoms with Crippen molar-refractivity contribution in [2.24, 2.45) is 5.92 Å². The molecule has 2 heterocycles. The molecule has 116 valence electrons. The van der Waals surface area contributed by atoms with Gasteiger partial charge in [-0.25, -0.2) is 0 Å². The predicted molar refractivity (Wildman–Crippen MR) is 86.7 cm³/mol. The monoisotopic (exact) mass is 299 g/mol. The summed E-state index contributed by atoms with van der Waals surface area (Å²) in [5, 5.41) is 0. The molecule has 4 heteroatoms. The normalized spacial score (nSPS) is 15.8. The molecule has 0 spiro atoms. The molecular formula is C18H21NO3. The summed E-state index contributed by atoms with van der Waals surface area (Å²) >= 11 is 0. The first-order chi connectivity index (χ1) is 10.7. The van der Waals surface area contributed by atoms with Crippen LogP contribution in [0.15, 0.2) is 34.7 Å². The van der Waals surface area contributed by atoms with E-state index in [9.17, 15) is 4.79 Å². The van der Waals surface area contributed by atoms with E-state index in [1.165, 1.54) is 18.5 Å². The molecule has 0 amide bonds. The molecule has 2 aromatic rings. The van der Waals surface area contributed by atoms with Crippen LogP contribution in [0.2, 0.25) is 0 Å². The van der Waals surface area contributed by atoms with Gasteiger partial charge in [0.1, 0.15) is 11.5 Å². The lowest BCUT2D eigenvalue weighted by Crippen LogP contribution is -2.32. The minimum absolute atomic E-state index is 0.325. The van der Waals surface area contributed by atoms with Gasteiger partial charge in [0.15, 0.2) is 12.0 Å². The van der Waals surface area contributed by atoms with Crippen LogP contribution in [0.4, 0.5) is 5.69 Å². The molecule has 1 aromatic carbocycles. The number of aldehydes is 1. The summed E-state index contributed by atoms with van der Waals surface area (Å²) in [6.45, 7) is 4.47. The maximum Gasteiger partial charge on any atom is 0.185 e.